The largest absolute Gasteiger partial charge is 0.482 e. The highest BCUT2D eigenvalue weighted by Gasteiger charge is 2.14. The molecule has 0 atom stereocenters. The molecule has 0 saturated carbocycles. The van der Waals surface area contributed by atoms with E-state index in [0.717, 1.165) is 5.56 Å². The molecule has 0 spiro atoms. The Bertz CT molecular complexity index is 896. The van der Waals surface area contributed by atoms with Crippen molar-refractivity contribution < 1.29 is 19.1 Å². The zero-order chi connectivity index (χ0) is 20.7. The molecule has 2 aromatic carbocycles. The Morgan fingerprint density at radius 2 is 1.79 bits per heavy atom. The van der Waals surface area contributed by atoms with Crippen molar-refractivity contribution in [3.63, 3.8) is 0 Å². The van der Waals surface area contributed by atoms with Crippen LogP contribution in [0.25, 0.3) is 0 Å². The van der Waals surface area contributed by atoms with E-state index in [4.69, 9.17) is 26.3 Å². The van der Waals surface area contributed by atoms with E-state index >= 15 is 0 Å². The molecule has 7 heteroatoms. The molecule has 0 aliphatic carbocycles. The quantitative estimate of drug-likeness (QED) is 0.738. The fourth-order valence-corrected chi connectivity index (χ4v) is 2.48. The highest BCUT2D eigenvalue weighted by Crippen LogP contribution is 2.24. The number of amides is 1. The first-order valence-electron chi connectivity index (χ1n) is 8.57. The lowest BCUT2D eigenvalue weighted by molar-refractivity contribution is -0.149. The molecule has 0 aliphatic heterocycles. The summed E-state index contributed by atoms with van der Waals surface area (Å²) in [5.74, 6) is -0.641. The molecule has 0 radical (unpaired) electrons. The lowest BCUT2D eigenvalue weighted by Crippen LogP contribution is -2.23. The van der Waals surface area contributed by atoms with Crippen LogP contribution in [0.5, 0.6) is 5.75 Å². The molecule has 0 heterocycles. The number of ether oxygens (including phenoxy) is 2. The van der Waals surface area contributed by atoms with Crippen LogP contribution in [0.2, 0.25) is 5.02 Å². The summed E-state index contributed by atoms with van der Waals surface area (Å²) in [5.41, 5.74) is 1.89. The smallest absolute Gasteiger partial charge is 0.344 e. The van der Waals surface area contributed by atoms with Gasteiger partial charge in [0.2, 0.25) is 0 Å². The van der Waals surface area contributed by atoms with Crippen LogP contribution >= 0.6 is 11.6 Å². The number of nitriles is 1. The van der Waals surface area contributed by atoms with Crippen molar-refractivity contribution in [2.75, 3.05) is 18.5 Å². The SMILES string of the molecule is CC(C)(C)c1ccc(OCC(=O)OCC(=O)Nc2ccc(C#N)c(Cl)c2)cc1. The van der Waals surface area contributed by atoms with Crippen molar-refractivity contribution in [1.29, 1.82) is 5.26 Å². The van der Waals surface area contributed by atoms with Gasteiger partial charge in [-0.05, 0) is 41.3 Å². The fraction of sp³-hybridized carbons (Fsp3) is 0.286. The first-order chi connectivity index (χ1) is 13.2. The number of esters is 1. The van der Waals surface area contributed by atoms with Gasteiger partial charge in [0, 0.05) is 5.69 Å². The summed E-state index contributed by atoms with van der Waals surface area (Å²) in [4.78, 5) is 23.6. The van der Waals surface area contributed by atoms with E-state index in [0.29, 0.717) is 17.0 Å². The molecule has 146 valence electrons. The van der Waals surface area contributed by atoms with Crippen LogP contribution in [0.3, 0.4) is 0 Å². The minimum atomic E-state index is -0.659. The van der Waals surface area contributed by atoms with Crippen molar-refractivity contribution in [1.82, 2.24) is 0 Å². The Labute approximate surface area is 169 Å². The third-order valence-corrected chi connectivity index (χ3v) is 4.13. The van der Waals surface area contributed by atoms with Crippen molar-refractivity contribution in [3.05, 3.63) is 58.6 Å². The average Bonchev–Trinajstić information content (AvgIpc) is 2.64. The molecule has 1 N–H and O–H groups in total. The second kappa shape index (κ2) is 9.25. The van der Waals surface area contributed by atoms with E-state index in [9.17, 15) is 9.59 Å². The Morgan fingerprint density at radius 1 is 1.11 bits per heavy atom. The van der Waals surface area contributed by atoms with Crippen LogP contribution in [0.15, 0.2) is 42.5 Å². The normalized spacial score (nSPS) is 10.7. The molecular weight excluding hydrogens is 380 g/mol. The van der Waals surface area contributed by atoms with E-state index in [1.807, 2.05) is 18.2 Å². The number of anilines is 1. The molecule has 0 aliphatic rings. The lowest BCUT2D eigenvalue weighted by atomic mass is 9.87. The number of hydrogen-bond acceptors (Lipinski definition) is 5. The second-order valence-electron chi connectivity index (χ2n) is 7.08. The van der Waals surface area contributed by atoms with Crippen molar-refractivity contribution in [2.24, 2.45) is 0 Å². The van der Waals surface area contributed by atoms with Gasteiger partial charge in [-0.1, -0.05) is 44.5 Å². The maximum atomic E-state index is 11.9. The van der Waals surface area contributed by atoms with Gasteiger partial charge in [0.05, 0.1) is 10.6 Å². The molecule has 6 nitrogen and oxygen atoms in total. The van der Waals surface area contributed by atoms with Crippen LogP contribution in [0.1, 0.15) is 31.9 Å². The van der Waals surface area contributed by atoms with Crippen LogP contribution in [0, 0.1) is 11.3 Å². The number of carbonyl (C=O) groups is 2. The van der Waals surface area contributed by atoms with E-state index in [1.54, 1.807) is 12.1 Å². The number of benzene rings is 2. The highest BCUT2D eigenvalue weighted by molar-refractivity contribution is 6.32. The zero-order valence-corrected chi connectivity index (χ0v) is 16.7. The summed E-state index contributed by atoms with van der Waals surface area (Å²) in [7, 11) is 0. The van der Waals surface area contributed by atoms with Crippen LogP contribution < -0.4 is 10.1 Å². The van der Waals surface area contributed by atoms with Gasteiger partial charge in [-0.2, -0.15) is 5.26 Å². The highest BCUT2D eigenvalue weighted by atomic mass is 35.5. The molecule has 0 fully saturated rings. The fourth-order valence-electron chi connectivity index (χ4n) is 2.26. The van der Waals surface area contributed by atoms with E-state index in [2.05, 4.69) is 26.1 Å². The van der Waals surface area contributed by atoms with Gasteiger partial charge in [0.15, 0.2) is 13.2 Å². The molecule has 2 rings (SSSR count). The van der Waals surface area contributed by atoms with Crippen LogP contribution in [0.4, 0.5) is 5.69 Å². The average molecular weight is 401 g/mol. The van der Waals surface area contributed by atoms with Gasteiger partial charge in [0.1, 0.15) is 11.8 Å². The van der Waals surface area contributed by atoms with Gasteiger partial charge in [-0.3, -0.25) is 4.79 Å². The van der Waals surface area contributed by atoms with Gasteiger partial charge in [-0.15, -0.1) is 0 Å². The molecule has 28 heavy (non-hydrogen) atoms. The Morgan fingerprint density at radius 3 is 2.36 bits per heavy atom. The number of nitrogens with one attached hydrogen (secondary N) is 1. The summed E-state index contributed by atoms with van der Waals surface area (Å²) in [5, 5.41) is 11.6. The topological polar surface area (TPSA) is 88.4 Å². The maximum Gasteiger partial charge on any atom is 0.344 e. The number of nitrogens with zero attached hydrogens (tertiary/aromatic N) is 1. The minimum Gasteiger partial charge on any atom is -0.482 e. The molecule has 0 bridgehead atoms. The van der Waals surface area contributed by atoms with Gasteiger partial charge in [-0.25, -0.2) is 4.79 Å². The molecule has 2 aromatic rings. The van der Waals surface area contributed by atoms with Crippen molar-refractivity contribution in [2.45, 2.75) is 26.2 Å². The Kier molecular flexibility index (Phi) is 7.02. The first kappa shape index (κ1) is 21.3. The standard InChI is InChI=1S/C21H21ClN2O4/c1-21(2,3)15-5-8-17(9-6-15)27-13-20(26)28-12-19(25)24-16-7-4-14(11-23)18(22)10-16/h4-10H,12-13H2,1-3H3,(H,24,25). The van der Waals surface area contributed by atoms with Gasteiger partial charge in [0.25, 0.3) is 5.91 Å². The minimum absolute atomic E-state index is 0.0317. The van der Waals surface area contributed by atoms with E-state index in [-0.39, 0.29) is 17.0 Å². The lowest BCUT2D eigenvalue weighted by Gasteiger charge is -2.19. The number of hydrogen-bond donors (Lipinski definition) is 1. The third kappa shape index (κ3) is 6.29. The Balaban J connectivity index is 1.77. The summed E-state index contributed by atoms with van der Waals surface area (Å²) in [6.45, 7) is 5.57. The van der Waals surface area contributed by atoms with Crippen LogP contribution in [-0.2, 0) is 19.7 Å². The maximum absolute atomic E-state index is 11.9. The number of carbonyl (C=O) groups excluding carboxylic acids is 2. The van der Waals surface area contributed by atoms with Crippen LogP contribution in [-0.4, -0.2) is 25.1 Å². The third-order valence-electron chi connectivity index (χ3n) is 3.81. The molecule has 0 unspecified atom stereocenters. The van der Waals surface area contributed by atoms with Crippen molar-refractivity contribution in [3.8, 4) is 11.8 Å². The predicted molar refractivity (Wildman–Crippen MR) is 106 cm³/mol. The summed E-state index contributed by atoms with van der Waals surface area (Å²) in [6.07, 6.45) is 0. The number of halogens is 1. The first-order valence-corrected chi connectivity index (χ1v) is 8.95. The second-order valence-corrected chi connectivity index (χ2v) is 7.49. The number of rotatable bonds is 6. The summed E-state index contributed by atoms with van der Waals surface area (Å²) >= 11 is 5.90. The van der Waals surface area contributed by atoms with Gasteiger partial charge < -0.3 is 14.8 Å². The summed E-state index contributed by atoms with van der Waals surface area (Å²) < 4.78 is 10.3. The van der Waals surface area contributed by atoms with E-state index in [1.165, 1.54) is 18.2 Å². The summed E-state index contributed by atoms with van der Waals surface area (Å²) in [6, 6.07) is 13.9. The monoisotopic (exact) mass is 400 g/mol. The Hall–Kier alpha value is -3.04. The molecule has 0 saturated heterocycles. The molecule has 0 aromatic heterocycles. The van der Waals surface area contributed by atoms with E-state index < -0.39 is 18.5 Å². The molecule has 1 amide bonds. The zero-order valence-electron chi connectivity index (χ0n) is 15.9. The van der Waals surface area contributed by atoms with Crippen molar-refractivity contribution >= 4 is 29.2 Å². The predicted octanol–water partition coefficient (Wildman–Crippen LogP) is 4.07. The molecular formula is C21H21ClN2O4. The van der Waals surface area contributed by atoms with Gasteiger partial charge >= 0.3 is 5.97 Å².